The van der Waals surface area contributed by atoms with Crippen LogP contribution in [0.1, 0.15) is 26.5 Å². The van der Waals surface area contributed by atoms with Crippen molar-refractivity contribution in [1.82, 2.24) is 9.97 Å². The minimum atomic E-state index is -0.00544. The smallest absolute Gasteiger partial charge is 0.159 e. The zero-order chi connectivity index (χ0) is 12.5. The number of hydrogen-bond acceptors (Lipinski definition) is 3. The second-order valence-corrected chi connectivity index (χ2v) is 5.07. The van der Waals surface area contributed by atoms with E-state index in [4.69, 9.17) is 0 Å². The molecule has 2 rings (SSSR count). The molecule has 0 aliphatic rings. The summed E-state index contributed by atoms with van der Waals surface area (Å²) in [7, 11) is 0. The third kappa shape index (κ3) is 2.61. The maximum Gasteiger partial charge on any atom is 0.159 e. The highest BCUT2D eigenvalue weighted by Crippen LogP contribution is 2.24. The summed E-state index contributed by atoms with van der Waals surface area (Å²) in [4.78, 5) is 8.78. The van der Waals surface area contributed by atoms with Gasteiger partial charge in [0.1, 0.15) is 5.75 Å². The molecule has 0 radical (unpaired) electrons. The summed E-state index contributed by atoms with van der Waals surface area (Å²) < 4.78 is 0. The molecule has 1 aromatic heterocycles. The minimum absolute atomic E-state index is 0.00544. The van der Waals surface area contributed by atoms with E-state index in [1.54, 1.807) is 24.4 Å². The van der Waals surface area contributed by atoms with Gasteiger partial charge in [0.15, 0.2) is 5.82 Å². The van der Waals surface area contributed by atoms with Gasteiger partial charge in [-0.2, -0.15) is 0 Å². The van der Waals surface area contributed by atoms with Gasteiger partial charge < -0.3 is 5.11 Å². The van der Waals surface area contributed by atoms with Gasteiger partial charge in [0, 0.05) is 22.9 Å². The largest absolute Gasteiger partial charge is 0.508 e. The third-order valence-corrected chi connectivity index (χ3v) is 2.53. The number of rotatable bonds is 1. The summed E-state index contributed by atoms with van der Waals surface area (Å²) in [6, 6.07) is 8.91. The van der Waals surface area contributed by atoms with Crippen molar-refractivity contribution in [2.24, 2.45) is 0 Å². The van der Waals surface area contributed by atoms with Crippen molar-refractivity contribution < 1.29 is 5.11 Å². The molecule has 88 valence electrons. The van der Waals surface area contributed by atoms with Crippen LogP contribution in [-0.2, 0) is 5.41 Å². The Kier molecular flexibility index (Phi) is 2.84. The first kappa shape index (κ1) is 11.6. The zero-order valence-electron chi connectivity index (χ0n) is 10.3. The monoisotopic (exact) mass is 228 g/mol. The van der Waals surface area contributed by atoms with E-state index < -0.39 is 0 Å². The van der Waals surface area contributed by atoms with Crippen LogP contribution in [-0.4, -0.2) is 15.1 Å². The van der Waals surface area contributed by atoms with Gasteiger partial charge in [-0.3, -0.25) is 0 Å². The molecule has 0 aliphatic carbocycles. The maximum absolute atomic E-state index is 9.45. The van der Waals surface area contributed by atoms with Crippen molar-refractivity contribution in [3.8, 4) is 17.1 Å². The first-order valence-electron chi connectivity index (χ1n) is 5.60. The second kappa shape index (κ2) is 4.17. The molecule has 17 heavy (non-hydrogen) atoms. The van der Waals surface area contributed by atoms with Gasteiger partial charge in [-0.25, -0.2) is 9.97 Å². The van der Waals surface area contributed by atoms with E-state index in [1.165, 1.54) is 0 Å². The highest BCUT2D eigenvalue weighted by atomic mass is 16.3. The summed E-state index contributed by atoms with van der Waals surface area (Å²) in [6.07, 6.45) is 1.76. The molecule has 1 aromatic carbocycles. The number of benzene rings is 1. The summed E-state index contributed by atoms with van der Waals surface area (Å²) in [5, 5.41) is 9.45. The van der Waals surface area contributed by atoms with Crippen molar-refractivity contribution in [3.05, 3.63) is 42.2 Å². The number of aromatic hydroxyl groups is 1. The van der Waals surface area contributed by atoms with E-state index in [0.29, 0.717) is 5.82 Å². The molecule has 2 aromatic rings. The third-order valence-electron chi connectivity index (χ3n) is 2.53. The summed E-state index contributed by atoms with van der Waals surface area (Å²) >= 11 is 0. The average molecular weight is 228 g/mol. The van der Waals surface area contributed by atoms with Gasteiger partial charge in [0.05, 0.1) is 0 Å². The number of phenols is 1. The maximum atomic E-state index is 9.45. The second-order valence-electron chi connectivity index (χ2n) is 5.07. The van der Waals surface area contributed by atoms with Crippen LogP contribution in [0.3, 0.4) is 0 Å². The molecule has 0 amide bonds. The standard InChI is InChI=1S/C14H16N2O/c1-14(2,3)12-7-8-15-13(16-12)10-5-4-6-11(17)9-10/h4-9,17H,1-3H3. The summed E-state index contributed by atoms with van der Waals surface area (Å²) in [6.45, 7) is 6.34. The summed E-state index contributed by atoms with van der Waals surface area (Å²) in [5.41, 5.74) is 1.82. The van der Waals surface area contributed by atoms with E-state index in [2.05, 4.69) is 30.7 Å². The number of phenolic OH excluding ortho intramolecular Hbond substituents is 1. The Morgan fingerprint density at radius 3 is 2.53 bits per heavy atom. The van der Waals surface area contributed by atoms with E-state index in [9.17, 15) is 5.11 Å². The number of hydrogen-bond donors (Lipinski definition) is 1. The molecule has 0 aliphatic heterocycles. The molecule has 0 spiro atoms. The molecule has 0 unspecified atom stereocenters. The molecule has 1 N–H and O–H groups in total. The van der Waals surface area contributed by atoms with Crippen LogP contribution in [0, 0.1) is 0 Å². The molecule has 0 atom stereocenters. The SMILES string of the molecule is CC(C)(C)c1ccnc(-c2cccc(O)c2)n1. The van der Waals surface area contributed by atoms with E-state index in [0.717, 1.165) is 11.3 Å². The molecule has 0 saturated heterocycles. The average Bonchev–Trinajstić information content (AvgIpc) is 2.28. The van der Waals surface area contributed by atoms with Gasteiger partial charge in [0.2, 0.25) is 0 Å². The van der Waals surface area contributed by atoms with Crippen LogP contribution in [0.2, 0.25) is 0 Å². The Hall–Kier alpha value is -1.90. The lowest BCUT2D eigenvalue weighted by atomic mass is 9.92. The lowest BCUT2D eigenvalue weighted by molar-refractivity contribution is 0.475. The van der Waals surface area contributed by atoms with Gasteiger partial charge in [-0.1, -0.05) is 32.9 Å². The van der Waals surface area contributed by atoms with Crippen molar-refractivity contribution in [2.75, 3.05) is 0 Å². The van der Waals surface area contributed by atoms with Crippen LogP contribution in [0.25, 0.3) is 11.4 Å². The number of aromatic nitrogens is 2. The molecule has 0 saturated carbocycles. The van der Waals surface area contributed by atoms with Crippen LogP contribution in [0.5, 0.6) is 5.75 Å². The highest BCUT2D eigenvalue weighted by molar-refractivity contribution is 5.57. The van der Waals surface area contributed by atoms with Crippen molar-refractivity contribution in [1.29, 1.82) is 0 Å². The fraction of sp³-hybridized carbons (Fsp3) is 0.286. The Morgan fingerprint density at radius 2 is 1.88 bits per heavy atom. The first-order valence-corrected chi connectivity index (χ1v) is 5.60. The fourth-order valence-corrected chi connectivity index (χ4v) is 1.56. The number of nitrogens with zero attached hydrogens (tertiary/aromatic N) is 2. The van der Waals surface area contributed by atoms with Crippen molar-refractivity contribution in [2.45, 2.75) is 26.2 Å². The molecule has 1 heterocycles. The Labute approximate surface area is 101 Å². The lowest BCUT2D eigenvalue weighted by Crippen LogP contribution is -2.14. The molecule has 3 nitrogen and oxygen atoms in total. The quantitative estimate of drug-likeness (QED) is 0.815. The zero-order valence-corrected chi connectivity index (χ0v) is 10.3. The molecular formula is C14H16N2O. The predicted octanol–water partition coefficient (Wildman–Crippen LogP) is 3.15. The van der Waals surface area contributed by atoms with Crippen molar-refractivity contribution in [3.63, 3.8) is 0 Å². The van der Waals surface area contributed by atoms with E-state index >= 15 is 0 Å². The molecule has 0 bridgehead atoms. The first-order chi connectivity index (χ1) is 7.97. The molecule has 0 fully saturated rings. The highest BCUT2D eigenvalue weighted by Gasteiger charge is 2.16. The van der Waals surface area contributed by atoms with Gasteiger partial charge in [0.25, 0.3) is 0 Å². The summed E-state index contributed by atoms with van der Waals surface area (Å²) in [5.74, 6) is 0.876. The normalized spacial score (nSPS) is 11.5. The van der Waals surface area contributed by atoms with Gasteiger partial charge >= 0.3 is 0 Å². The van der Waals surface area contributed by atoms with Crippen LogP contribution >= 0.6 is 0 Å². The predicted molar refractivity (Wildman–Crippen MR) is 67.8 cm³/mol. The van der Waals surface area contributed by atoms with Gasteiger partial charge in [-0.15, -0.1) is 0 Å². The van der Waals surface area contributed by atoms with Crippen LogP contribution < -0.4 is 0 Å². The van der Waals surface area contributed by atoms with Crippen LogP contribution in [0.4, 0.5) is 0 Å². The van der Waals surface area contributed by atoms with E-state index in [1.807, 2.05) is 12.1 Å². The van der Waals surface area contributed by atoms with E-state index in [-0.39, 0.29) is 11.2 Å². The van der Waals surface area contributed by atoms with Crippen LogP contribution in [0.15, 0.2) is 36.5 Å². The minimum Gasteiger partial charge on any atom is -0.508 e. The molecular weight excluding hydrogens is 212 g/mol. The Morgan fingerprint density at radius 1 is 1.12 bits per heavy atom. The lowest BCUT2D eigenvalue weighted by Gasteiger charge is -2.17. The van der Waals surface area contributed by atoms with Gasteiger partial charge in [-0.05, 0) is 18.2 Å². The Bertz CT molecular complexity index is 530. The Balaban J connectivity index is 2.47. The van der Waals surface area contributed by atoms with Crippen molar-refractivity contribution >= 4 is 0 Å². The fourth-order valence-electron chi connectivity index (χ4n) is 1.56. The topological polar surface area (TPSA) is 46.0 Å². The molecule has 3 heteroatoms.